The highest BCUT2D eigenvalue weighted by atomic mass is 16.3. The SMILES string of the molecule is CCCCCCCC/C=C/C(=O)CCCCCCC(=O)NCCc1ccc(O)c(O)c1. The van der Waals surface area contributed by atoms with Crippen molar-refractivity contribution in [3.05, 3.63) is 35.9 Å². The fraction of sp³-hybridized carbons (Fsp3) is 0.615. The minimum Gasteiger partial charge on any atom is -0.504 e. The molecule has 1 amide bonds. The highest BCUT2D eigenvalue weighted by Gasteiger charge is 2.04. The molecule has 0 saturated carbocycles. The predicted molar refractivity (Wildman–Crippen MR) is 126 cm³/mol. The van der Waals surface area contributed by atoms with E-state index in [2.05, 4.69) is 12.2 Å². The lowest BCUT2D eigenvalue weighted by atomic mass is 10.1. The van der Waals surface area contributed by atoms with Crippen LogP contribution in [0.3, 0.4) is 0 Å². The number of allylic oxidation sites excluding steroid dienone is 2. The van der Waals surface area contributed by atoms with Gasteiger partial charge in [0, 0.05) is 19.4 Å². The third-order valence-corrected chi connectivity index (χ3v) is 5.38. The molecule has 0 aromatic heterocycles. The lowest BCUT2D eigenvalue weighted by Gasteiger charge is -2.06. The van der Waals surface area contributed by atoms with E-state index >= 15 is 0 Å². The van der Waals surface area contributed by atoms with Crippen molar-refractivity contribution in [2.75, 3.05) is 6.54 Å². The lowest BCUT2D eigenvalue weighted by Crippen LogP contribution is -2.25. The zero-order chi connectivity index (χ0) is 22.7. The largest absolute Gasteiger partial charge is 0.504 e. The first kappa shape index (κ1) is 26.7. The molecule has 0 heterocycles. The Bertz CT molecular complexity index is 669. The van der Waals surface area contributed by atoms with Crippen LogP contribution in [0.2, 0.25) is 0 Å². The van der Waals surface area contributed by atoms with Crippen LogP contribution < -0.4 is 5.32 Å². The fourth-order valence-electron chi connectivity index (χ4n) is 3.44. The van der Waals surface area contributed by atoms with Crippen LogP contribution in [0.4, 0.5) is 0 Å². The van der Waals surface area contributed by atoms with Gasteiger partial charge in [-0.15, -0.1) is 0 Å². The van der Waals surface area contributed by atoms with Crippen molar-refractivity contribution < 1.29 is 19.8 Å². The van der Waals surface area contributed by atoms with Crippen molar-refractivity contribution >= 4 is 11.7 Å². The van der Waals surface area contributed by atoms with Gasteiger partial charge in [-0.3, -0.25) is 9.59 Å². The van der Waals surface area contributed by atoms with E-state index in [1.807, 2.05) is 6.08 Å². The van der Waals surface area contributed by atoms with Crippen LogP contribution in [-0.4, -0.2) is 28.4 Å². The van der Waals surface area contributed by atoms with E-state index in [-0.39, 0.29) is 23.2 Å². The van der Waals surface area contributed by atoms with Crippen LogP contribution in [0, 0.1) is 0 Å². The molecular formula is C26H41NO4. The number of carbonyl (C=O) groups excluding carboxylic acids is 2. The number of amides is 1. The Hall–Kier alpha value is -2.30. The van der Waals surface area contributed by atoms with Crippen LogP contribution in [-0.2, 0) is 16.0 Å². The molecule has 174 valence electrons. The minimum absolute atomic E-state index is 0.0247. The van der Waals surface area contributed by atoms with Crippen molar-refractivity contribution in [1.29, 1.82) is 0 Å². The van der Waals surface area contributed by atoms with Gasteiger partial charge in [-0.25, -0.2) is 0 Å². The van der Waals surface area contributed by atoms with Crippen LogP contribution in [0.15, 0.2) is 30.4 Å². The van der Waals surface area contributed by atoms with E-state index in [1.165, 1.54) is 50.7 Å². The Morgan fingerprint density at radius 2 is 1.55 bits per heavy atom. The van der Waals surface area contributed by atoms with Crippen molar-refractivity contribution in [2.45, 2.75) is 96.8 Å². The molecule has 0 spiro atoms. The minimum atomic E-state index is -0.143. The summed E-state index contributed by atoms with van der Waals surface area (Å²) in [6.45, 7) is 2.73. The summed E-state index contributed by atoms with van der Waals surface area (Å²) in [6, 6.07) is 4.68. The highest BCUT2D eigenvalue weighted by molar-refractivity contribution is 5.89. The molecule has 31 heavy (non-hydrogen) atoms. The van der Waals surface area contributed by atoms with E-state index < -0.39 is 0 Å². The molecule has 0 saturated heterocycles. The standard InChI is InChI=1S/C26H41NO4/c1-2-3-4-5-6-7-8-11-14-23(28)15-12-9-10-13-16-26(31)27-20-19-22-17-18-24(29)25(30)21-22/h11,14,17-18,21,29-30H,2-10,12-13,15-16,19-20H2,1H3,(H,27,31)/b14-11+. The second kappa shape index (κ2) is 17.4. The first-order valence-corrected chi connectivity index (χ1v) is 12.0. The normalized spacial score (nSPS) is 11.1. The maximum atomic E-state index is 11.9. The molecule has 0 aliphatic heterocycles. The zero-order valence-corrected chi connectivity index (χ0v) is 19.2. The van der Waals surface area contributed by atoms with E-state index in [9.17, 15) is 19.8 Å². The monoisotopic (exact) mass is 431 g/mol. The second-order valence-electron chi connectivity index (χ2n) is 8.26. The Morgan fingerprint density at radius 1 is 0.871 bits per heavy atom. The number of nitrogens with one attached hydrogen (secondary N) is 1. The maximum absolute atomic E-state index is 11.9. The highest BCUT2D eigenvalue weighted by Crippen LogP contribution is 2.24. The Kier molecular flexibility index (Phi) is 15.0. The maximum Gasteiger partial charge on any atom is 0.220 e. The van der Waals surface area contributed by atoms with Crippen LogP contribution in [0.25, 0.3) is 0 Å². The number of aromatic hydroxyl groups is 2. The number of hydrogen-bond donors (Lipinski definition) is 3. The molecule has 0 atom stereocenters. The van der Waals surface area contributed by atoms with Gasteiger partial charge in [0.1, 0.15) is 0 Å². The summed E-state index contributed by atoms with van der Waals surface area (Å²) in [5.41, 5.74) is 0.862. The van der Waals surface area contributed by atoms with Crippen LogP contribution in [0.5, 0.6) is 11.5 Å². The van der Waals surface area contributed by atoms with Crippen LogP contribution in [0.1, 0.15) is 96.0 Å². The van der Waals surface area contributed by atoms with Crippen molar-refractivity contribution in [2.24, 2.45) is 0 Å². The third-order valence-electron chi connectivity index (χ3n) is 5.38. The van der Waals surface area contributed by atoms with E-state index in [1.54, 1.807) is 12.1 Å². The van der Waals surface area contributed by atoms with Gasteiger partial charge < -0.3 is 15.5 Å². The fourth-order valence-corrected chi connectivity index (χ4v) is 3.44. The first-order valence-electron chi connectivity index (χ1n) is 12.0. The molecule has 0 fully saturated rings. The number of hydrogen-bond acceptors (Lipinski definition) is 4. The van der Waals surface area contributed by atoms with Crippen LogP contribution >= 0.6 is 0 Å². The van der Waals surface area contributed by atoms with Crippen molar-refractivity contribution in [1.82, 2.24) is 5.32 Å². The third kappa shape index (κ3) is 14.4. The molecular weight excluding hydrogens is 390 g/mol. The van der Waals surface area contributed by atoms with Gasteiger partial charge in [0.2, 0.25) is 5.91 Å². The summed E-state index contributed by atoms with van der Waals surface area (Å²) >= 11 is 0. The summed E-state index contributed by atoms with van der Waals surface area (Å²) in [5.74, 6) is -0.0463. The molecule has 1 rings (SSSR count). The number of phenols is 2. The molecule has 0 bridgehead atoms. The summed E-state index contributed by atoms with van der Waals surface area (Å²) < 4.78 is 0. The average Bonchev–Trinajstić information content (AvgIpc) is 2.75. The molecule has 1 aromatic rings. The van der Waals surface area contributed by atoms with Crippen molar-refractivity contribution in [3.8, 4) is 11.5 Å². The topological polar surface area (TPSA) is 86.6 Å². The number of rotatable bonds is 18. The van der Waals surface area contributed by atoms with Gasteiger partial charge in [0.15, 0.2) is 17.3 Å². The average molecular weight is 432 g/mol. The van der Waals surface area contributed by atoms with E-state index in [0.29, 0.717) is 25.8 Å². The van der Waals surface area contributed by atoms with E-state index in [4.69, 9.17) is 0 Å². The predicted octanol–water partition coefficient (Wildman–Crippen LogP) is 5.97. The van der Waals surface area contributed by atoms with Gasteiger partial charge in [-0.05, 0) is 55.9 Å². The summed E-state index contributed by atoms with van der Waals surface area (Å²) in [5, 5.41) is 21.6. The summed E-state index contributed by atoms with van der Waals surface area (Å²) in [6.07, 6.45) is 17.7. The smallest absolute Gasteiger partial charge is 0.220 e. The quantitative estimate of drug-likeness (QED) is 0.152. The molecule has 0 aliphatic rings. The van der Waals surface area contributed by atoms with Gasteiger partial charge in [0.05, 0.1) is 0 Å². The number of ketones is 1. The molecule has 5 heteroatoms. The van der Waals surface area contributed by atoms with Gasteiger partial charge in [-0.2, -0.15) is 0 Å². The van der Waals surface area contributed by atoms with Gasteiger partial charge in [-0.1, -0.05) is 64.0 Å². The Labute approximate surface area is 188 Å². The number of carbonyl (C=O) groups is 2. The van der Waals surface area contributed by atoms with E-state index in [0.717, 1.165) is 37.7 Å². The number of benzene rings is 1. The van der Waals surface area contributed by atoms with Gasteiger partial charge in [0.25, 0.3) is 0 Å². The van der Waals surface area contributed by atoms with Gasteiger partial charge >= 0.3 is 0 Å². The van der Waals surface area contributed by atoms with Crippen molar-refractivity contribution in [3.63, 3.8) is 0 Å². The second-order valence-corrected chi connectivity index (χ2v) is 8.26. The number of unbranched alkanes of at least 4 members (excludes halogenated alkanes) is 9. The summed E-state index contributed by atoms with van der Waals surface area (Å²) in [4.78, 5) is 23.7. The molecule has 0 unspecified atom stereocenters. The molecule has 0 radical (unpaired) electrons. The Balaban J connectivity index is 1.95. The molecule has 1 aromatic carbocycles. The molecule has 5 nitrogen and oxygen atoms in total. The Morgan fingerprint density at radius 3 is 2.29 bits per heavy atom. The lowest BCUT2D eigenvalue weighted by molar-refractivity contribution is -0.121. The molecule has 0 aliphatic carbocycles. The number of phenolic OH excluding ortho intramolecular Hbond substituents is 2. The first-order chi connectivity index (χ1) is 15.0. The zero-order valence-electron chi connectivity index (χ0n) is 19.2. The summed E-state index contributed by atoms with van der Waals surface area (Å²) in [7, 11) is 0. The molecule has 3 N–H and O–H groups in total.